The van der Waals surface area contributed by atoms with Crippen molar-refractivity contribution in [3.8, 4) is 0 Å². The lowest BCUT2D eigenvalue weighted by molar-refractivity contribution is 0.502. The molecule has 1 heterocycles. The Kier molecular flexibility index (Phi) is 4.24. The Bertz CT molecular complexity index is 957. The maximum atomic E-state index is 12.5. The second-order valence-electron chi connectivity index (χ2n) is 6.69. The number of aryl methyl sites for hydroxylation is 1. The highest BCUT2D eigenvalue weighted by Gasteiger charge is 2.28. The van der Waals surface area contributed by atoms with E-state index in [1.54, 1.807) is 30.3 Å². The van der Waals surface area contributed by atoms with E-state index in [2.05, 4.69) is 29.6 Å². The van der Waals surface area contributed by atoms with Gasteiger partial charge in [0.25, 0.3) is 0 Å². The van der Waals surface area contributed by atoms with Gasteiger partial charge in [0, 0.05) is 28.6 Å². The molecule has 0 atom stereocenters. The van der Waals surface area contributed by atoms with E-state index in [1.165, 1.54) is 0 Å². The number of nitrogens with one attached hydrogen (secondary N) is 2. The smallest absolute Gasteiger partial charge is 0.240 e. The fourth-order valence-electron chi connectivity index (χ4n) is 3.20. The zero-order valence-electron chi connectivity index (χ0n) is 14.1. The van der Waals surface area contributed by atoms with Crippen molar-refractivity contribution in [1.29, 1.82) is 0 Å². The minimum atomic E-state index is -3.51. The number of H-pyrrole nitrogens is 1. The third-order valence-electron chi connectivity index (χ3n) is 4.33. The largest absolute Gasteiger partial charge is 0.358 e. The van der Waals surface area contributed by atoms with Crippen LogP contribution in [0.15, 0.2) is 59.5 Å². The minimum absolute atomic E-state index is 0.288. The molecular formula is C19H22N2O2S. The van der Waals surface area contributed by atoms with Crippen molar-refractivity contribution in [2.24, 2.45) is 0 Å². The van der Waals surface area contributed by atoms with Crippen molar-refractivity contribution in [1.82, 2.24) is 9.71 Å². The van der Waals surface area contributed by atoms with Crippen LogP contribution in [0.3, 0.4) is 0 Å². The number of aromatic amines is 1. The number of rotatable bonds is 5. The molecule has 0 fully saturated rings. The fraction of sp³-hybridized carbons (Fsp3) is 0.263. The second kappa shape index (κ2) is 6.07. The van der Waals surface area contributed by atoms with Crippen LogP contribution in [0.25, 0.3) is 10.9 Å². The summed E-state index contributed by atoms with van der Waals surface area (Å²) in [6.07, 6.45) is 0. The van der Waals surface area contributed by atoms with Gasteiger partial charge in [-0.05, 0) is 30.7 Å². The van der Waals surface area contributed by atoms with Crippen LogP contribution >= 0.6 is 0 Å². The van der Waals surface area contributed by atoms with E-state index in [0.29, 0.717) is 6.54 Å². The lowest BCUT2D eigenvalue weighted by Crippen LogP contribution is -2.37. The van der Waals surface area contributed by atoms with E-state index >= 15 is 0 Å². The maximum Gasteiger partial charge on any atom is 0.240 e. The Labute approximate surface area is 143 Å². The van der Waals surface area contributed by atoms with E-state index in [4.69, 9.17) is 0 Å². The van der Waals surface area contributed by atoms with Crippen molar-refractivity contribution >= 4 is 20.9 Å². The molecular weight excluding hydrogens is 320 g/mol. The number of sulfonamides is 1. The van der Waals surface area contributed by atoms with E-state index in [-0.39, 0.29) is 10.3 Å². The summed E-state index contributed by atoms with van der Waals surface area (Å²) in [5.74, 6) is 0. The first kappa shape index (κ1) is 16.7. The highest BCUT2D eigenvalue weighted by atomic mass is 32.2. The van der Waals surface area contributed by atoms with Gasteiger partial charge < -0.3 is 4.98 Å². The molecule has 0 bridgehead atoms. The number of benzene rings is 2. The normalized spacial score (nSPS) is 12.6. The van der Waals surface area contributed by atoms with Gasteiger partial charge in [-0.15, -0.1) is 0 Å². The zero-order chi connectivity index (χ0) is 17.4. The second-order valence-corrected chi connectivity index (χ2v) is 8.46. The molecule has 1 aromatic heterocycles. The summed E-state index contributed by atoms with van der Waals surface area (Å²) < 4.78 is 27.7. The first-order valence-electron chi connectivity index (χ1n) is 7.94. The molecule has 0 radical (unpaired) electrons. The van der Waals surface area contributed by atoms with E-state index in [0.717, 1.165) is 22.2 Å². The van der Waals surface area contributed by atoms with Gasteiger partial charge in [-0.1, -0.05) is 50.2 Å². The minimum Gasteiger partial charge on any atom is -0.358 e. The van der Waals surface area contributed by atoms with Crippen LogP contribution in [-0.2, 0) is 15.4 Å². The summed E-state index contributed by atoms with van der Waals surface area (Å²) in [5, 5.41) is 1.14. The summed E-state index contributed by atoms with van der Waals surface area (Å²) in [4.78, 5) is 3.67. The van der Waals surface area contributed by atoms with Gasteiger partial charge >= 0.3 is 0 Å². The zero-order valence-corrected chi connectivity index (χ0v) is 14.9. The molecule has 0 amide bonds. The summed E-state index contributed by atoms with van der Waals surface area (Å²) in [6.45, 7) is 6.47. The summed E-state index contributed by atoms with van der Waals surface area (Å²) in [7, 11) is -3.51. The molecule has 4 nitrogen and oxygen atoms in total. The molecule has 2 N–H and O–H groups in total. The van der Waals surface area contributed by atoms with E-state index in [9.17, 15) is 8.42 Å². The molecule has 2 aromatic carbocycles. The Hall–Kier alpha value is -2.11. The van der Waals surface area contributed by atoms with Crippen LogP contribution < -0.4 is 4.72 Å². The van der Waals surface area contributed by atoms with Gasteiger partial charge in [0.2, 0.25) is 10.0 Å². The molecule has 5 heteroatoms. The predicted octanol–water partition coefficient (Wildman–Crippen LogP) is 3.73. The molecule has 0 saturated heterocycles. The topological polar surface area (TPSA) is 62.0 Å². The Morgan fingerprint density at radius 3 is 2.33 bits per heavy atom. The lowest BCUT2D eigenvalue weighted by Gasteiger charge is -2.26. The predicted molar refractivity (Wildman–Crippen MR) is 97.7 cm³/mol. The number of hydrogen-bond acceptors (Lipinski definition) is 2. The van der Waals surface area contributed by atoms with Crippen molar-refractivity contribution in [3.05, 3.63) is 65.9 Å². The third-order valence-corrected chi connectivity index (χ3v) is 5.75. The first-order chi connectivity index (χ1) is 11.3. The molecule has 0 unspecified atom stereocenters. The van der Waals surface area contributed by atoms with Gasteiger partial charge in [-0.25, -0.2) is 13.1 Å². The average molecular weight is 342 g/mol. The molecule has 126 valence electrons. The Morgan fingerprint density at radius 2 is 1.62 bits per heavy atom. The van der Waals surface area contributed by atoms with Gasteiger partial charge in [-0.2, -0.15) is 0 Å². The van der Waals surface area contributed by atoms with Gasteiger partial charge in [-0.3, -0.25) is 0 Å². The lowest BCUT2D eigenvalue weighted by atomic mass is 9.83. The highest BCUT2D eigenvalue weighted by molar-refractivity contribution is 7.89. The molecule has 0 aliphatic rings. The average Bonchev–Trinajstić information content (AvgIpc) is 2.90. The highest BCUT2D eigenvalue weighted by Crippen LogP contribution is 2.33. The van der Waals surface area contributed by atoms with Gasteiger partial charge in [0.1, 0.15) is 0 Å². The fourth-order valence-corrected chi connectivity index (χ4v) is 4.43. The summed E-state index contributed by atoms with van der Waals surface area (Å²) in [6, 6.07) is 16.6. The molecule has 0 aliphatic heterocycles. The van der Waals surface area contributed by atoms with Crippen LogP contribution in [0.5, 0.6) is 0 Å². The number of fused-ring (bicyclic) bond motifs is 1. The Morgan fingerprint density at radius 1 is 1.00 bits per heavy atom. The first-order valence-corrected chi connectivity index (χ1v) is 9.42. The standard InChI is InChI=1S/C19H22N2O2S/c1-14-18(16-11-7-8-12-17(16)21-14)19(2,3)13-20-24(22,23)15-9-5-4-6-10-15/h4-12,20-21H,13H2,1-3H3. The molecule has 24 heavy (non-hydrogen) atoms. The molecule has 0 saturated carbocycles. The van der Waals surface area contributed by atoms with Crippen LogP contribution in [0.2, 0.25) is 0 Å². The molecule has 0 spiro atoms. The monoisotopic (exact) mass is 342 g/mol. The number of aromatic nitrogens is 1. The third kappa shape index (κ3) is 3.09. The molecule has 3 aromatic rings. The van der Waals surface area contributed by atoms with Crippen LogP contribution in [0, 0.1) is 6.92 Å². The summed E-state index contributed by atoms with van der Waals surface area (Å²) in [5.41, 5.74) is 2.95. The van der Waals surface area contributed by atoms with Crippen molar-refractivity contribution in [2.75, 3.05) is 6.54 Å². The molecule has 3 rings (SSSR count). The Balaban J connectivity index is 1.90. The van der Waals surface area contributed by atoms with Crippen molar-refractivity contribution < 1.29 is 8.42 Å². The van der Waals surface area contributed by atoms with Gasteiger partial charge in [0.05, 0.1) is 4.90 Å². The van der Waals surface area contributed by atoms with Crippen molar-refractivity contribution in [3.63, 3.8) is 0 Å². The van der Waals surface area contributed by atoms with Crippen LogP contribution in [-0.4, -0.2) is 19.9 Å². The van der Waals surface area contributed by atoms with E-state index < -0.39 is 10.0 Å². The quantitative estimate of drug-likeness (QED) is 0.742. The van der Waals surface area contributed by atoms with Crippen LogP contribution in [0.1, 0.15) is 25.1 Å². The summed E-state index contributed by atoms with van der Waals surface area (Å²) >= 11 is 0. The van der Waals surface area contributed by atoms with E-state index in [1.807, 2.05) is 25.1 Å². The number of hydrogen-bond donors (Lipinski definition) is 2. The number of para-hydroxylation sites is 1. The van der Waals surface area contributed by atoms with Crippen molar-refractivity contribution in [2.45, 2.75) is 31.1 Å². The maximum absolute atomic E-state index is 12.5. The SMILES string of the molecule is Cc1[nH]c2ccccc2c1C(C)(C)CNS(=O)(=O)c1ccccc1. The molecule has 0 aliphatic carbocycles. The van der Waals surface area contributed by atoms with Gasteiger partial charge in [0.15, 0.2) is 0 Å². The van der Waals surface area contributed by atoms with Crippen LogP contribution in [0.4, 0.5) is 0 Å².